The molecule has 6 heteroatoms. The van der Waals surface area contributed by atoms with E-state index in [1.807, 2.05) is 57.2 Å². The summed E-state index contributed by atoms with van der Waals surface area (Å²) in [4.78, 5) is 41.4. The van der Waals surface area contributed by atoms with E-state index in [1.54, 1.807) is 0 Å². The van der Waals surface area contributed by atoms with Gasteiger partial charge in [0.2, 0.25) is 0 Å². The van der Waals surface area contributed by atoms with Crippen LogP contribution in [0.1, 0.15) is 45.4 Å². The first-order valence-electron chi connectivity index (χ1n) is 8.69. The van der Waals surface area contributed by atoms with Gasteiger partial charge in [0.1, 0.15) is 5.54 Å². The fourth-order valence-electron chi connectivity index (χ4n) is 3.51. The van der Waals surface area contributed by atoms with E-state index in [-0.39, 0.29) is 18.2 Å². The Balaban J connectivity index is 1.90. The molecule has 1 aliphatic rings. The summed E-state index contributed by atoms with van der Waals surface area (Å²) in [7, 11) is 0. The van der Waals surface area contributed by atoms with Gasteiger partial charge in [-0.3, -0.25) is 14.5 Å². The van der Waals surface area contributed by atoms with Crippen LogP contribution in [0.2, 0.25) is 0 Å². The highest BCUT2D eigenvalue weighted by atomic mass is 32.1. The van der Waals surface area contributed by atoms with Crippen molar-refractivity contribution in [3.05, 3.63) is 57.3 Å². The van der Waals surface area contributed by atoms with Crippen LogP contribution in [0, 0.1) is 13.8 Å². The van der Waals surface area contributed by atoms with Crippen molar-refractivity contribution >= 4 is 29.1 Å². The highest BCUT2D eigenvalue weighted by Crippen LogP contribution is 2.34. The first-order chi connectivity index (χ1) is 12.4. The third-order valence-electron chi connectivity index (χ3n) is 4.71. The molecule has 3 amide bonds. The second kappa shape index (κ2) is 7.03. The lowest BCUT2D eigenvalue weighted by molar-refractivity contribution is -0.131. The van der Waals surface area contributed by atoms with Crippen LogP contribution in [0.15, 0.2) is 36.4 Å². The highest BCUT2D eigenvalue weighted by molar-refractivity contribution is 7.12. The van der Waals surface area contributed by atoms with Gasteiger partial charge >= 0.3 is 6.03 Å². The maximum atomic E-state index is 13.2. The lowest BCUT2D eigenvalue weighted by Crippen LogP contribution is -2.44. The normalized spacial score (nSPS) is 19.7. The van der Waals surface area contributed by atoms with Crippen LogP contribution in [0.4, 0.5) is 4.79 Å². The van der Waals surface area contributed by atoms with Gasteiger partial charge in [0.05, 0.1) is 6.54 Å². The Labute approximate surface area is 157 Å². The van der Waals surface area contributed by atoms with Crippen molar-refractivity contribution in [1.29, 1.82) is 0 Å². The standard InChI is InChI=1S/C20H22N2O3S/c1-4-10-20(15-8-6-5-7-9-15)18(24)22(19(25)21-20)12-17(23)16-11-13(2)26-14(16)3/h5-9,11H,4,10,12H2,1-3H3,(H,21,25)/t20-/m0/s1. The monoisotopic (exact) mass is 370 g/mol. The zero-order valence-electron chi connectivity index (χ0n) is 15.2. The average Bonchev–Trinajstić information content (AvgIpc) is 3.07. The number of ketones is 1. The summed E-state index contributed by atoms with van der Waals surface area (Å²) in [5, 5.41) is 2.85. The van der Waals surface area contributed by atoms with Crippen LogP contribution in [-0.2, 0) is 10.3 Å². The van der Waals surface area contributed by atoms with Gasteiger partial charge in [-0.2, -0.15) is 0 Å². The molecule has 1 fully saturated rings. The molecule has 1 atom stereocenters. The van der Waals surface area contributed by atoms with E-state index >= 15 is 0 Å². The van der Waals surface area contributed by atoms with Crippen LogP contribution >= 0.6 is 11.3 Å². The summed E-state index contributed by atoms with van der Waals surface area (Å²) in [6.07, 6.45) is 1.22. The lowest BCUT2D eigenvalue weighted by Gasteiger charge is -2.26. The van der Waals surface area contributed by atoms with E-state index in [9.17, 15) is 14.4 Å². The Hall–Kier alpha value is -2.47. The summed E-state index contributed by atoms with van der Waals surface area (Å²) in [6, 6.07) is 10.5. The van der Waals surface area contributed by atoms with Gasteiger partial charge in [-0.25, -0.2) is 4.79 Å². The van der Waals surface area contributed by atoms with Gasteiger partial charge in [-0.15, -0.1) is 11.3 Å². The van der Waals surface area contributed by atoms with Gasteiger partial charge < -0.3 is 5.32 Å². The number of aryl methyl sites for hydroxylation is 2. The van der Waals surface area contributed by atoms with Crippen LogP contribution in [-0.4, -0.2) is 29.2 Å². The Bertz CT molecular complexity index is 859. The molecule has 0 aliphatic carbocycles. The number of rotatable bonds is 6. The molecule has 26 heavy (non-hydrogen) atoms. The minimum absolute atomic E-state index is 0.212. The number of urea groups is 1. The Morgan fingerprint density at radius 2 is 1.88 bits per heavy atom. The molecular formula is C20H22N2O3S. The summed E-state index contributed by atoms with van der Waals surface area (Å²) in [5.41, 5.74) is 0.242. The SMILES string of the molecule is CCC[C@@]1(c2ccccc2)NC(=O)N(CC(=O)c2cc(C)sc2C)C1=O. The van der Waals surface area contributed by atoms with E-state index < -0.39 is 11.6 Å². The third-order valence-corrected chi connectivity index (χ3v) is 5.68. The Morgan fingerprint density at radius 1 is 1.19 bits per heavy atom. The predicted octanol–water partition coefficient (Wildman–Crippen LogP) is 3.80. The minimum Gasteiger partial charge on any atom is -0.319 e. The van der Waals surface area contributed by atoms with Crippen molar-refractivity contribution in [3.63, 3.8) is 0 Å². The van der Waals surface area contributed by atoms with Crippen molar-refractivity contribution in [2.24, 2.45) is 0 Å². The molecule has 1 aromatic carbocycles. The predicted molar refractivity (Wildman–Crippen MR) is 101 cm³/mol. The fraction of sp³-hybridized carbons (Fsp3) is 0.350. The molecule has 3 rings (SSSR count). The number of hydrogen-bond donors (Lipinski definition) is 1. The topological polar surface area (TPSA) is 66.5 Å². The fourth-order valence-corrected chi connectivity index (χ4v) is 4.46. The van der Waals surface area contributed by atoms with Gasteiger partial charge in [0.15, 0.2) is 5.78 Å². The second-order valence-corrected chi connectivity index (χ2v) is 8.05. The van der Waals surface area contributed by atoms with Crippen LogP contribution in [0.3, 0.4) is 0 Å². The molecule has 1 aromatic heterocycles. The van der Waals surface area contributed by atoms with Crippen molar-refractivity contribution < 1.29 is 14.4 Å². The van der Waals surface area contributed by atoms with Gasteiger partial charge in [0, 0.05) is 15.3 Å². The quantitative estimate of drug-likeness (QED) is 0.621. The number of amides is 3. The molecule has 0 spiro atoms. The molecule has 2 aromatic rings. The van der Waals surface area contributed by atoms with Gasteiger partial charge in [-0.1, -0.05) is 43.7 Å². The smallest absolute Gasteiger partial charge is 0.319 e. The molecule has 2 heterocycles. The minimum atomic E-state index is -1.09. The maximum absolute atomic E-state index is 13.2. The van der Waals surface area contributed by atoms with E-state index in [4.69, 9.17) is 0 Å². The van der Waals surface area contributed by atoms with E-state index in [2.05, 4.69) is 5.32 Å². The summed E-state index contributed by atoms with van der Waals surface area (Å²) in [5.74, 6) is -0.566. The molecule has 0 bridgehead atoms. The largest absolute Gasteiger partial charge is 0.325 e. The zero-order valence-corrected chi connectivity index (χ0v) is 16.0. The molecule has 0 unspecified atom stereocenters. The van der Waals surface area contributed by atoms with Crippen molar-refractivity contribution in [1.82, 2.24) is 10.2 Å². The Kier molecular flexibility index (Phi) is 4.96. The van der Waals surface area contributed by atoms with E-state index in [1.165, 1.54) is 11.3 Å². The number of benzene rings is 1. The first kappa shape index (κ1) is 18.3. The first-order valence-corrected chi connectivity index (χ1v) is 9.50. The Morgan fingerprint density at radius 3 is 2.46 bits per heavy atom. The number of carbonyl (C=O) groups is 3. The van der Waals surface area contributed by atoms with Crippen LogP contribution in [0.25, 0.3) is 0 Å². The number of hydrogen-bond acceptors (Lipinski definition) is 4. The summed E-state index contributed by atoms with van der Waals surface area (Å²) in [6.45, 7) is 5.54. The molecule has 1 N–H and O–H groups in total. The number of imide groups is 1. The highest BCUT2D eigenvalue weighted by Gasteiger charge is 2.52. The molecule has 136 valence electrons. The third kappa shape index (κ3) is 3.05. The molecule has 0 radical (unpaired) electrons. The number of nitrogens with one attached hydrogen (secondary N) is 1. The van der Waals surface area contributed by atoms with E-state index in [0.29, 0.717) is 12.0 Å². The van der Waals surface area contributed by atoms with Crippen molar-refractivity contribution in [3.8, 4) is 0 Å². The lowest BCUT2D eigenvalue weighted by atomic mass is 9.85. The van der Waals surface area contributed by atoms with Gasteiger partial charge in [-0.05, 0) is 31.9 Å². The molecule has 1 aliphatic heterocycles. The number of carbonyl (C=O) groups excluding carboxylic acids is 3. The zero-order chi connectivity index (χ0) is 18.9. The molecule has 1 saturated heterocycles. The molecular weight excluding hydrogens is 348 g/mol. The summed E-state index contributed by atoms with van der Waals surface area (Å²) >= 11 is 1.54. The second-order valence-electron chi connectivity index (χ2n) is 6.59. The van der Waals surface area contributed by atoms with Gasteiger partial charge in [0.25, 0.3) is 5.91 Å². The average molecular weight is 370 g/mol. The maximum Gasteiger partial charge on any atom is 0.325 e. The van der Waals surface area contributed by atoms with Crippen LogP contribution in [0.5, 0.6) is 0 Å². The van der Waals surface area contributed by atoms with Crippen molar-refractivity contribution in [2.75, 3.05) is 6.54 Å². The number of nitrogens with zero attached hydrogens (tertiary/aromatic N) is 1. The summed E-state index contributed by atoms with van der Waals surface area (Å²) < 4.78 is 0. The van der Waals surface area contributed by atoms with Crippen LogP contribution < -0.4 is 5.32 Å². The number of Topliss-reactive ketones (excluding diaryl/α,β-unsaturated/α-hetero) is 1. The number of thiophene rings is 1. The van der Waals surface area contributed by atoms with Crippen molar-refractivity contribution in [2.45, 2.75) is 39.2 Å². The van der Waals surface area contributed by atoms with E-state index in [0.717, 1.165) is 26.6 Å². The molecule has 0 saturated carbocycles. The molecule has 5 nitrogen and oxygen atoms in total.